The Morgan fingerprint density at radius 3 is 2.13 bits per heavy atom. The number of nitrogens with zero attached hydrogens (tertiary/aromatic N) is 1. The summed E-state index contributed by atoms with van der Waals surface area (Å²) >= 11 is 0. The summed E-state index contributed by atoms with van der Waals surface area (Å²) in [5.41, 5.74) is 3.82. The molecule has 1 atom stereocenters. The molecule has 1 aromatic heterocycles. The zero-order chi connectivity index (χ0) is 28.8. The Hall–Kier alpha value is -3.42. The fourth-order valence-corrected chi connectivity index (χ4v) is 3.93. The van der Waals surface area contributed by atoms with E-state index in [9.17, 15) is 14.4 Å². The molecule has 208 valence electrons. The molecule has 8 heteroatoms. The molecule has 0 aliphatic heterocycles. The third kappa shape index (κ3) is 8.85. The van der Waals surface area contributed by atoms with E-state index in [2.05, 4.69) is 26.1 Å². The fraction of sp³-hybridized carbons (Fsp3) is 0.533. The second kappa shape index (κ2) is 12.4. The van der Waals surface area contributed by atoms with E-state index in [4.69, 9.17) is 19.2 Å². The number of esters is 2. The van der Waals surface area contributed by atoms with Crippen molar-refractivity contribution in [1.29, 1.82) is 0 Å². The van der Waals surface area contributed by atoms with Crippen LogP contribution in [0.2, 0.25) is 0 Å². The molecule has 2 rings (SSSR count). The maximum atomic E-state index is 13.5. The van der Waals surface area contributed by atoms with Crippen molar-refractivity contribution >= 4 is 18.0 Å². The van der Waals surface area contributed by atoms with Gasteiger partial charge in [0.15, 0.2) is 6.10 Å². The average molecular weight is 527 g/mol. The number of rotatable bonds is 8. The maximum absolute atomic E-state index is 13.5. The van der Waals surface area contributed by atoms with Crippen LogP contribution in [-0.4, -0.2) is 41.3 Å². The molecule has 1 heterocycles. The highest BCUT2D eigenvalue weighted by molar-refractivity contribution is 6.00. The maximum Gasteiger partial charge on any atom is 0.407 e. The van der Waals surface area contributed by atoms with Gasteiger partial charge in [-0.05, 0) is 65.9 Å². The van der Waals surface area contributed by atoms with Crippen LogP contribution in [0.3, 0.4) is 0 Å². The number of hydrogen-bond acceptors (Lipinski definition) is 7. The molecular weight excluding hydrogens is 484 g/mol. The van der Waals surface area contributed by atoms with Crippen LogP contribution >= 0.6 is 0 Å². The van der Waals surface area contributed by atoms with Gasteiger partial charge in [0.1, 0.15) is 5.60 Å². The third-order valence-corrected chi connectivity index (χ3v) is 5.52. The van der Waals surface area contributed by atoms with E-state index in [-0.39, 0.29) is 24.1 Å². The molecular formula is C30H42N2O6. The molecule has 0 aliphatic rings. The molecule has 38 heavy (non-hydrogen) atoms. The van der Waals surface area contributed by atoms with Gasteiger partial charge in [0.2, 0.25) is 0 Å². The molecule has 2 aromatic rings. The summed E-state index contributed by atoms with van der Waals surface area (Å²) in [5.74, 6) is -1.31. The lowest BCUT2D eigenvalue weighted by Gasteiger charge is -2.25. The molecule has 0 saturated carbocycles. The Morgan fingerprint density at radius 2 is 1.61 bits per heavy atom. The molecule has 0 radical (unpaired) electrons. The third-order valence-electron chi connectivity index (χ3n) is 5.52. The van der Waals surface area contributed by atoms with E-state index in [0.29, 0.717) is 23.2 Å². The summed E-state index contributed by atoms with van der Waals surface area (Å²) in [7, 11) is 0. The van der Waals surface area contributed by atoms with Gasteiger partial charge in [-0.2, -0.15) is 0 Å². The highest BCUT2D eigenvalue weighted by Gasteiger charge is 2.29. The number of aromatic nitrogens is 1. The predicted octanol–water partition coefficient (Wildman–Crippen LogP) is 6.09. The minimum Gasteiger partial charge on any atom is -0.463 e. The number of aryl methyl sites for hydroxylation is 2. The van der Waals surface area contributed by atoms with Crippen molar-refractivity contribution in [3.05, 3.63) is 52.3 Å². The Bertz CT molecular complexity index is 1160. The van der Waals surface area contributed by atoms with Crippen molar-refractivity contribution < 1.29 is 28.6 Å². The molecule has 8 nitrogen and oxygen atoms in total. The topological polar surface area (TPSA) is 104 Å². The lowest BCUT2D eigenvalue weighted by molar-refractivity contribution is -0.152. The van der Waals surface area contributed by atoms with Gasteiger partial charge < -0.3 is 19.5 Å². The second-order valence-electron chi connectivity index (χ2n) is 11.6. The molecule has 1 N–H and O–H groups in total. The van der Waals surface area contributed by atoms with Crippen molar-refractivity contribution in [2.45, 2.75) is 93.9 Å². The number of ether oxygens (including phenoxy) is 3. The monoisotopic (exact) mass is 526 g/mol. The minimum atomic E-state index is -1.09. The Morgan fingerprint density at radius 1 is 1.00 bits per heavy atom. The van der Waals surface area contributed by atoms with E-state index in [1.807, 2.05) is 31.2 Å². The van der Waals surface area contributed by atoms with Crippen LogP contribution in [0.5, 0.6) is 0 Å². The van der Waals surface area contributed by atoms with Gasteiger partial charge in [0, 0.05) is 23.4 Å². The van der Waals surface area contributed by atoms with E-state index in [1.165, 1.54) is 6.92 Å². The van der Waals surface area contributed by atoms with E-state index in [1.54, 1.807) is 34.6 Å². The number of pyridine rings is 1. The largest absolute Gasteiger partial charge is 0.463 e. The van der Waals surface area contributed by atoms with Crippen LogP contribution in [0, 0.1) is 19.3 Å². The predicted molar refractivity (Wildman–Crippen MR) is 147 cm³/mol. The number of carbonyl (C=O) groups is 3. The summed E-state index contributed by atoms with van der Waals surface area (Å²) in [5, 5.41) is 2.84. The molecule has 0 aliphatic carbocycles. The summed E-state index contributed by atoms with van der Waals surface area (Å²) in [4.78, 5) is 43.1. The quantitative estimate of drug-likeness (QED) is 0.328. The first kappa shape index (κ1) is 30.8. The Balaban J connectivity index is 2.73. The van der Waals surface area contributed by atoms with Crippen LogP contribution in [0.25, 0.3) is 11.1 Å². The number of hydrogen-bond donors (Lipinski definition) is 1. The number of nitrogens with one attached hydrogen (secondary N) is 1. The average Bonchev–Trinajstić information content (AvgIpc) is 2.76. The number of alkyl carbamates (subject to hydrolysis) is 1. The summed E-state index contributed by atoms with van der Waals surface area (Å²) < 4.78 is 16.0. The summed E-state index contributed by atoms with van der Waals surface area (Å²) in [6, 6.07) is 7.76. The molecule has 0 saturated heterocycles. The molecule has 0 bridgehead atoms. The molecule has 1 unspecified atom stereocenters. The number of carbonyl (C=O) groups excluding carboxylic acids is 3. The standard InChI is InChI=1S/C30H42N2O6/c1-11-36-26(33)20(4)37-27(34)24-19(3)32-23(16-29(5,6)7)22(17-31-28(35)38-30(8,9)10)25(24)21-14-12-18(2)13-15-21/h12-15,20H,11,16-17H2,1-10H3,(H,31,35). The molecule has 0 fully saturated rings. The molecule has 0 spiro atoms. The van der Waals surface area contributed by atoms with E-state index >= 15 is 0 Å². The highest BCUT2D eigenvalue weighted by atomic mass is 16.6. The highest BCUT2D eigenvalue weighted by Crippen LogP contribution is 2.35. The van der Waals surface area contributed by atoms with Crippen molar-refractivity contribution in [3.63, 3.8) is 0 Å². The van der Waals surface area contributed by atoms with Crippen LogP contribution < -0.4 is 5.32 Å². The Labute approximate surface area is 226 Å². The lowest BCUT2D eigenvalue weighted by atomic mass is 9.85. The number of amides is 1. The second-order valence-corrected chi connectivity index (χ2v) is 11.6. The molecule has 1 amide bonds. The van der Waals surface area contributed by atoms with Crippen molar-refractivity contribution in [2.24, 2.45) is 5.41 Å². The van der Waals surface area contributed by atoms with Gasteiger partial charge in [0.05, 0.1) is 17.9 Å². The van der Waals surface area contributed by atoms with Crippen molar-refractivity contribution in [2.75, 3.05) is 6.61 Å². The van der Waals surface area contributed by atoms with Gasteiger partial charge in [-0.1, -0.05) is 50.6 Å². The van der Waals surface area contributed by atoms with Crippen LogP contribution in [0.1, 0.15) is 88.3 Å². The summed E-state index contributed by atoms with van der Waals surface area (Å²) in [6.45, 7) is 18.8. The van der Waals surface area contributed by atoms with Crippen molar-refractivity contribution in [1.82, 2.24) is 10.3 Å². The normalized spacial score (nSPS) is 12.5. The SMILES string of the molecule is CCOC(=O)C(C)OC(=O)c1c(C)nc(CC(C)(C)C)c(CNC(=O)OC(C)(C)C)c1-c1ccc(C)cc1. The minimum absolute atomic E-state index is 0.0878. The zero-order valence-corrected chi connectivity index (χ0v) is 24.4. The van der Waals surface area contributed by atoms with Crippen LogP contribution in [0.4, 0.5) is 4.79 Å². The first-order chi connectivity index (χ1) is 17.5. The van der Waals surface area contributed by atoms with Gasteiger partial charge in [-0.3, -0.25) is 4.98 Å². The summed E-state index contributed by atoms with van der Waals surface area (Å²) in [6.07, 6.45) is -1.06. The zero-order valence-electron chi connectivity index (χ0n) is 24.4. The Kier molecular flexibility index (Phi) is 10.1. The van der Waals surface area contributed by atoms with E-state index < -0.39 is 29.7 Å². The van der Waals surface area contributed by atoms with Crippen LogP contribution in [-0.2, 0) is 32.0 Å². The van der Waals surface area contributed by atoms with Crippen molar-refractivity contribution in [3.8, 4) is 11.1 Å². The van der Waals surface area contributed by atoms with Gasteiger partial charge in [-0.15, -0.1) is 0 Å². The fourth-order valence-electron chi connectivity index (χ4n) is 3.93. The van der Waals surface area contributed by atoms with E-state index in [0.717, 1.165) is 16.8 Å². The smallest absolute Gasteiger partial charge is 0.407 e. The first-order valence-corrected chi connectivity index (χ1v) is 13.0. The molecule has 1 aromatic carbocycles. The van der Waals surface area contributed by atoms with Gasteiger partial charge >= 0.3 is 18.0 Å². The first-order valence-electron chi connectivity index (χ1n) is 13.0. The van der Waals surface area contributed by atoms with Gasteiger partial charge in [-0.25, -0.2) is 14.4 Å². The van der Waals surface area contributed by atoms with Crippen LogP contribution in [0.15, 0.2) is 24.3 Å². The van der Waals surface area contributed by atoms with Gasteiger partial charge in [0.25, 0.3) is 0 Å². The number of benzene rings is 1. The lowest BCUT2D eigenvalue weighted by Crippen LogP contribution is -2.33.